The van der Waals surface area contributed by atoms with Crippen LogP contribution in [0.1, 0.15) is 32.3 Å². The van der Waals surface area contributed by atoms with E-state index in [4.69, 9.17) is 4.74 Å². The van der Waals surface area contributed by atoms with Gasteiger partial charge >= 0.3 is 0 Å². The Hall–Kier alpha value is -1.20. The number of benzene rings is 1. The summed E-state index contributed by atoms with van der Waals surface area (Å²) >= 11 is 1.94. The summed E-state index contributed by atoms with van der Waals surface area (Å²) in [5.41, 5.74) is 1.93. The molecule has 1 aromatic carbocycles. The summed E-state index contributed by atoms with van der Waals surface area (Å²) in [6.07, 6.45) is 4.50. The molecule has 0 aliphatic carbocycles. The predicted octanol–water partition coefficient (Wildman–Crippen LogP) is 3.03. The Morgan fingerprint density at radius 3 is 2.81 bits per heavy atom. The first-order valence-electron chi connectivity index (χ1n) is 7.44. The zero-order valence-electron chi connectivity index (χ0n) is 13.0. The van der Waals surface area contributed by atoms with Crippen LogP contribution < -0.4 is 15.4 Å². The Balaban J connectivity index is 1.95. The molecule has 0 bridgehead atoms. The minimum atomic E-state index is -0.0917. The lowest BCUT2D eigenvalue weighted by Gasteiger charge is -2.30. The summed E-state index contributed by atoms with van der Waals surface area (Å²) < 4.78 is 5.68. The largest absolute Gasteiger partial charge is 0.482 e. The number of rotatable bonds is 7. The van der Waals surface area contributed by atoms with E-state index in [0.717, 1.165) is 42.9 Å². The normalized spacial score (nSPS) is 14.3. The van der Waals surface area contributed by atoms with Crippen LogP contribution in [0.2, 0.25) is 0 Å². The first-order chi connectivity index (χ1) is 10.1. The molecule has 2 N–H and O–H groups in total. The molecule has 2 rings (SSSR count). The molecular formula is C16H24N2O2S. The lowest BCUT2D eigenvalue weighted by molar-refractivity contribution is -0.118. The van der Waals surface area contributed by atoms with Crippen molar-refractivity contribution in [1.82, 2.24) is 5.32 Å². The number of carbonyl (C=O) groups excluding carboxylic acids is 1. The highest BCUT2D eigenvalue weighted by atomic mass is 32.2. The number of nitrogens with one attached hydrogen (secondary N) is 2. The second-order valence-corrected chi connectivity index (χ2v) is 6.64. The molecule has 116 valence electrons. The first kappa shape index (κ1) is 16.2. The maximum absolute atomic E-state index is 11.3. The lowest BCUT2D eigenvalue weighted by Crippen LogP contribution is -2.36. The van der Waals surface area contributed by atoms with E-state index in [2.05, 4.69) is 30.7 Å². The lowest BCUT2D eigenvalue weighted by atomic mass is 10.0. The fourth-order valence-electron chi connectivity index (χ4n) is 2.54. The van der Waals surface area contributed by atoms with Crippen molar-refractivity contribution in [1.29, 1.82) is 0 Å². The minimum absolute atomic E-state index is 0.0917. The molecule has 0 unspecified atom stereocenters. The molecule has 1 aliphatic rings. The highest BCUT2D eigenvalue weighted by Crippen LogP contribution is 2.30. The second kappa shape index (κ2) is 7.18. The zero-order valence-corrected chi connectivity index (χ0v) is 13.8. The van der Waals surface area contributed by atoms with Crippen LogP contribution in [-0.4, -0.2) is 30.1 Å². The molecule has 1 aliphatic heterocycles. The Morgan fingerprint density at radius 1 is 1.38 bits per heavy atom. The number of thioether (sulfide) groups is 1. The average molecular weight is 308 g/mol. The van der Waals surface area contributed by atoms with Gasteiger partial charge in [-0.05, 0) is 36.8 Å². The van der Waals surface area contributed by atoms with Crippen LogP contribution >= 0.6 is 11.8 Å². The van der Waals surface area contributed by atoms with Crippen LogP contribution in [0.4, 0.5) is 5.69 Å². The van der Waals surface area contributed by atoms with Crippen LogP contribution in [0.25, 0.3) is 0 Å². The molecule has 0 radical (unpaired) electrons. The van der Waals surface area contributed by atoms with Gasteiger partial charge in [0.2, 0.25) is 0 Å². The van der Waals surface area contributed by atoms with Crippen molar-refractivity contribution in [3.8, 4) is 5.75 Å². The summed E-state index contributed by atoms with van der Waals surface area (Å²) in [4.78, 5) is 11.3. The summed E-state index contributed by atoms with van der Waals surface area (Å²) in [5.74, 6) is 0.657. The second-order valence-electron chi connectivity index (χ2n) is 5.37. The molecule has 0 aromatic heterocycles. The molecule has 0 saturated carbocycles. The third-order valence-corrected chi connectivity index (χ3v) is 5.76. The summed E-state index contributed by atoms with van der Waals surface area (Å²) in [6.45, 7) is 6.38. The van der Waals surface area contributed by atoms with Crippen molar-refractivity contribution >= 4 is 23.4 Å². The number of hydrogen-bond acceptors (Lipinski definition) is 4. The van der Waals surface area contributed by atoms with Gasteiger partial charge < -0.3 is 15.4 Å². The van der Waals surface area contributed by atoms with Gasteiger partial charge in [-0.2, -0.15) is 11.8 Å². The van der Waals surface area contributed by atoms with Gasteiger partial charge in [0.15, 0.2) is 6.61 Å². The van der Waals surface area contributed by atoms with E-state index in [9.17, 15) is 4.79 Å². The van der Waals surface area contributed by atoms with Crippen molar-refractivity contribution < 1.29 is 9.53 Å². The highest BCUT2D eigenvalue weighted by molar-refractivity contribution is 8.00. The molecule has 1 heterocycles. The molecule has 0 saturated heterocycles. The maximum atomic E-state index is 11.3. The third kappa shape index (κ3) is 3.92. The van der Waals surface area contributed by atoms with Gasteiger partial charge in [-0.25, -0.2) is 0 Å². The minimum Gasteiger partial charge on any atom is -0.482 e. The average Bonchev–Trinajstić information content (AvgIpc) is 2.51. The van der Waals surface area contributed by atoms with E-state index < -0.39 is 0 Å². The van der Waals surface area contributed by atoms with Crippen LogP contribution in [0, 0.1) is 0 Å². The van der Waals surface area contributed by atoms with Crippen molar-refractivity contribution in [3.63, 3.8) is 0 Å². The van der Waals surface area contributed by atoms with E-state index in [1.165, 1.54) is 0 Å². The van der Waals surface area contributed by atoms with Crippen molar-refractivity contribution in [2.75, 3.05) is 24.7 Å². The number of amides is 1. The Labute approximate surface area is 131 Å². The molecule has 4 nitrogen and oxygen atoms in total. The van der Waals surface area contributed by atoms with Crippen LogP contribution in [0.15, 0.2) is 18.2 Å². The molecule has 5 heteroatoms. The van der Waals surface area contributed by atoms with Gasteiger partial charge in [0.05, 0.1) is 5.69 Å². The van der Waals surface area contributed by atoms with Crippen LogP contribution in [0.3, 0.4) is 0 Å². The molecular weight excluding hydrogens is 284 g/mol. The SMILES string of the molecule is CCC(CC)(CNCc1ccc2c(c1)NC(=O)CO2)SC. The van der Waals surface area contributed by atoms with Crippen molar-refractivity contribution in [2.24, 2.45) is 0 Å². The maximum Gasteiger partial charge on any atom is 0.262 e. The van der Waals surface area contributed by atoms with E-state index in [1.54, 1.807) is 0 Å². The summed E-state index contributed by atoms with van der Waals surface area (Å²) in [5, 5.41) is 6.38. The van der Waals surface area contributed by atoms with Crippen molar-refractivity contribution in [2.45, 2.75) is 38.0 Å². The van der Waals surface area contributed by atoms with E-state index in [1.807, 2.05) is 30.0 Å². The van der Waals surface area contributed by atoms with Crippen molar-refractivity contribution in [3.05, 3.63) is 23.8 Å². The number of ether oxygens (including phenoxy) is 1. The molecule has 0 fully saturated rings. The van der Waals surface area contributed by atoms with Gasteiger partial charge in [-0.15, -0.1) is 0 Å². The Bertz CT molecular complexity index is 493. The zero-order chi connectivity index (χ0) is 15.3. The number of fused-ring (bicyclic) bond motifs is 1. The van der Waals surface area contributed by atoms with Gasteiger partial charge in [-0.3, -0.25) is 4.79 Å². The highest BCUT2D eigenvalue weighted by Gasteiger charge is 2.24. The third-order valence-electron chi connectivity index (χ3n) is 4.17. The van der Waals surface area contributed by atoms with Crippen LogP contribution in [0.5, 0.6) is 5.75 Å². The monoisotopic (exact) mass is 308 g/mol. The van der Waals surface area contributed by atoms with E-state index >= 15 is 0 Å². The van der Waals surface area contributed by atoms with E-state index in [0.29, 0.717) is 4.75 Å². The smallest absolute Gasteiger partial charge is 0.262 e. The number of hydrogen-bond donors (Lipinski definition) is 2. The van der Waals surface area contributed by atoms with Crippen LogP contribution in [-0.2, 0) is 11.3 Å². The standard InChI is InChI=1S/C16H24N2O2S/c1-4-16(5-2,21-3)11-17-9-12-6-7-14-13(8-12)18-15(19)10-20-14/h6-8,17H,4-5,9-11H2,1-3H3,(H,18,19). The first-order valence-corrected chi connectivity index (χ1v) is 8.66. The molecule has 1 amide bonds. The fraction of sp³-hybridized carbons (Fsp3) is 0.562. The predicted molar refractivity (Wildman–Crippen MR) is 89.1 cm³/mol. The molecule has 0 atom stereocenters. The number of carbonyl (C=O) groups is 1. The Kier molecular flexibility index (Phi) is 5.53. The quantitative estimate of drug-likeness (QED) is 0.813. The number of anilines is 1. The van der Waals surface area contributed by atoms with E-state index in [-0.39, 0.29) is 12.5 Å². The topological polar surface area (TPSA) is 50.4 Å². The Morgan fingerprint density at radius 2 is 2.14 bits per heavy atom. The molecule has 1 aromatic rings. The fourth-order valence-corrected chi connectivity index (χ4v) is 3.36. The molecule has 21 heavy (non-hydrogen) atoms. The molecule has 0 spiro atoms. The van der Waals surface area contributed by atoms with Gasteiger partial charge in [0, 0.05) is 17.8 Å². The van der Waals surface area contributed by atoms with Gasteiger partial charge in [-0.1, -0.05) is 19.9 Å². The summed E-state index contributed by atoms with van der Waals surface area (Å²) in [6, 6.07) is 5.95. The van der Waals surface area contributed by atoms with Gasteiger partial charge in [0.25, 0.3) is 5.91 Å². The summed E-state index contributed by atoms with van der Waals surface area (Å²) in [7, 11) is 0. The van der Waals surface area contributed by atoms with Gasteiger partial charge in [0.1, 0.15) is 5.75 Å².